The SMILES string of the molecule is Cc1nnc(C(C)O)n1C1CCNCC1. The number of aryl methyl sites for hydroxylation is 1. The molecule has 2 rings (SSSR count). The normalized spacial score (nSPS) is 20.5. The highest BCUT2D eigenvalue weighted by Gasteiger charge is 2.22. The van der Waals surface area contributed by atoms with Gasteiger partial charge in [0, 0.05) is 6.04 Å². The van der Waals surface area contributed by atoms with Crippen molar-refractivity contribution in [2.24, 2.45) is 0 Å². The highest BCUT2D eigenvalue weighted by Crippen LogP contribution is 2.24. The lowest BCUT2D eigenvalue weighted by Gasteiger charge is -2.26. The summed E-state index contributed by atoms with van der Waals surface area (Å²) < 4.78 is 2.09. The van der Waals surface area contributed by atoms with Crippen molar-refractivity contribution in [3.63, 3.8) is 0 Å². The maximum absolute atomic E-state index is 9.61. The molecule has 15 heavy (non-hydrogen) atoms. The van der Waals surface area contributed by atoms with E-state index in [1.807, 2.05) is 6.92 Å². The zero-order valence-electron chi connectivity index (χ0n) is 9.27. The van der Waals surface area contributed by atoms with Gasteiger partial charge in [0.15, 0.2) is 5.82 Å². The van der Waals surface area contributed by atoms with E-state index in [1.54, 1.807) is 6.92 Å². The van der Waals surface area contributed by atoms with Crippen LogP contribution in [-0.2, 0) is 0 Å². The molecule has 1 aromatic heterocycles. The Balaban J connectivity index is 2.28. The first-order chi connectivity index (χ1) is 7.20. The summed E-state index contributed by atoms with van der Waals surface area (Å²) in [7, 11) is 0. The largest absolute Gasteiger partial charge is 0.385 e. The van der Waals surface area contributed by atoms with E-state index < -0.39 is 6.10 Å². The zero-order valence-corrected chi connectivity index (χ0v) is 9.27. The summed E-state index contributed by atoms with van der Waals surface area (Å²) in [5, 5.41) is 21.0. The molecule has 1 aliphatic heterocycles. The Hall–Kier alpha value is -0.940. The van der Waals surface area contributed by atoms with Crippen LogP contribution in [0.5, 0.6) is 0 Å². The minimum atomic E-state index is -0.541. The van der Waals surface area contributed by atoms with Gasteiger partial charge in [-0.2, -0.15) is 0 Å². The smallest absolute Gasteiger partial charge is 0.161 e. The van der Waals surface area contributed by atoms with Gasteiger partial charge in [0.2, 0.25) is 0 Å². The highest BCUT2D eigenvalue weighted by molar-refractivity contribution is 5.00. The summed E-state index contributed by atoms with van der Waals surface area (Å²) in [6, 6.07) is 0.436. The van der Waals surface area contributed by atoms with Crippen molar-refractivity contribution >= 4 is 0 Å². The molecule has 0 aliphatic carbocycles. The second kappa shape index (κ2) is 4.28. The van der Waals surface area contributed by atoms with E-state index in [-0.39, 0.29) is 0 Å². The third kappa shape index (κ3) is 2.03. The molecule has 2 heterocycles. The predicted octanol–water partition coefficient (Wildman–Crippen LogP) is 0.564. The first kappa shape index (κ1) is 10.6. The molecule has 84 valence electrons. The van der Waals surface area contributed by atoms with Crippen molar-refractivity contribution in [2.45, 2.75) is 38.8 Å². The van der Waals surface area contributed by atoms with Gasteiger partial charge in [-0.05, 0) is 39.8 Å². The third-order valence-corrected chi connectivity index (χ3v) is 2.94. The van der Waals surface area contributed by atoms with Gasteiger partial charge in [-0.25, -0.2) is 0 Å². The highest BCUT2D eigenvalue weighted by atomic mass is 16.3. The van der Waals surface area contributed by atoms with Gasteiger partial charge in [0.1, 0.15) is 11.9 Å². The van der Waals surface area contributed by atoms with E-state index in [0.29, 0.717) is 11.9 Å². The van der Waals surface area contributed by atoms with E-state index in [4.69, 9.17) is 0 Å². The number of aromatic nitrogens is 3. The number of aliphatic hydroxyl groups is 1. The first-order valence-corrected chi connectivity index (χ1v) is 5.50. The van der Waals surface area contributed by atoms with Gasteiger partial charge in [-0.1, -0.05) is 0 Å². The van der Waals surface area contributed by atoms with E-state index in [1.165, 1.54) is 0 Å². The maximum Gasteiger partial charge on any atom is 0.161 e. The summed E-state index contributed by atoms with van der Waals surface area (Å²) in [6.07, 6.45) is 1.62. The van der Waals surface area contributed by atoms with Crippen LogP contribution < -0.4 is 5.32 Å². The van der Waals surface area contributed by atoms with Crippen LogP contribution in [0.15, 0.2) is 0 Å². The molecule has 0 amide bonds. The Morgan fingerprint density at radius 1 is 1.40 bits per heavy atom. The summed E-state index contributed by atoms with van der Waals surface area (Å²) in [6.45, 7) is 5.74. The molecule has 0 radical (unpaired) electrons. The van der Waals surface area contributed by atoms with Crippen molar-refractivity contribution in [2.75, 3.05) is 13.1 Å². The molecule has 2 N–H and O–H groups in total. The molecular formula is C10H18N4O. The van der Waals surface area contributed by atoms with Crippen molar-refractivity contribution < 1.29 is 5.11 Å². The molecule has 0 spiro atoms. The average molecular weight is 210 g/mol. The third-order valence-electron chi connectivity index (χ3n) is 2.94. The number of aliphatic hydroxyl groups excluding tert-OH is 1. The Morgan fingerprint density at radius 3 is 2.67 bits per heavy atom. The average Bonchev–Trinajstić information content (AvgIpc) is 2.61. The molecule has 0 aromatic carbocycles. The van der Waals surface area contributed by atoms with Crippen molar-refractivity contribution in [1.29, 1.82) is 0 Å². The standard InChI is InChI=1S/C10H18N4O/c1-7(15)10-13-12-8(2)14(10)9-3-5-11-6-4-9/h7,9,11,15H,3-6H2,1-2H3. The van der Waals surface area contributed by atoms with Crippen LogP contribution in [0.4, 0.5) is 0 Å². The van der Waals surface area contributed by atoms with Gasteiger partial charge in [0.25, 0.3) is 0 Å². The topological polar surface area (TPSA) is 63.0 Å². The van der Waals surface area contributed by atoms with Gasteiger partial charge >= 0.3 is 0 Å². The van der Waals surface area contributed by atoms with Gasteiger partial charge in [0.05, 0.1) is 0 Å². The molecular weight excluding hydrogens is 192 g/mol. The van der Waals surface area contributed by atoms with Crippen LogP contribution in [0.3, 0.4) is 0 Å². The van der Waals surface area contributed by atoms with Crippen LogP contribution in [-0.4, -0.2) is 33.0 Å². The number of piperidine rings is 1. The summed E-state index contributed by atoms with van der Waals surface area (Å²) >= 11 is 0. The Morgan fingerprint density at radius 2 is 2.07 bits per heavy atom. The summed E-state index contributed by atoms with van der Waals surface area (Å²) in [5.41, 5.74) is 0. The van der Waals surface area contributed by atoms with E-state index in [0.717, 1.165) is 31.8 Å². The van der Waals surface area contributed by atoms with Gasteiger partial charge in [-0.3, -0.25) is 0 Å². The van der Waals surface area contributed by atoms with E-state index in [9.17, 15) is 5.11 Å². The van der Waals surface area contributed by atoms with Crippen LogP contribution in [0.25, 0.3) is 0 Å². The van der Waals surface area contributed by atoms with E-state index >= 15 is 0 Å². The first-order valence-electron chi connectivity index (χ1n) is 5.50. The lowest BCUT2D eigenvalue weighted by Crippen LogP contribution is -2.30. The van der Waals surface area contributed by atoms with Crippen LogP contribution in [0.2, 0.25) is 0 Å². The summed E-state index contributed by atoms with van der Waals surface area (Å²) in [5.74, 6) is 1.59. The monoisotopic (exact) mass is 210 g/mol. The lowest BCUT2D eigenvalue weighted by atomic mass is 10.1. The van der Waals surface area contributed by atoms with Gasteiger partial charge in [-0.15, -0.1) is 10.2 Å². The lowest BCUT2D eigenvalue weighted by molar-refractivity contribution is 0.177. The number of nitrogens with zero attached hydrogens (tertiary/aromatic N) is 3. The van der Waals surface area contributed by atoms with Gasteiger partial charge < -0.3 is 15.0 Å². The molecule has 1 aliphatic rings. The molecule has 5 heteroatoms. The minimum absolute atomic E-state index is 0.436. The second-order valence-electron chi connectivity index (χ2n) is 4.13. The molecule has 1 unspecified atom stereocenters. The van der Waals surface area contributed by atoms with Crippen LogP contribution >= 0.6 is 0 Å². The number of hydrogen-bond donors (Lipinski definition) is 2. The Kier molecular flexibility index (Phi) is 3.02. The Labute approximate surface area is 89.5 Å². The molecule has 1 fully saturated rings. The molecule has 0 saturated carbocycles. The maximum atomic E-state index is 9.61. The van der Waals surface area contributed by atoms with Crippen LogP contribution in [0, 0.1) is 6.92 Å². The van der Waals surface area contributed by atoms with Crippen LogP contribution in [0.1, 0.15) is 43.6 Å². The zero-order chi connectivity index (χ0) is 10.8. The molecule has 5 nitrogen and oxygen atoms in total. The minimum Gasteiger partial charge on any atom is -0.385 e. The van der Waals surface area contributed by atoms with Crippen molar-refractivity contribution in [1.82, 2.24) is 20.1 Å². The molecule has 1 saturated heterocycles. The van der Waals surface area contributed by atoms with E-state index in [2.05, 4.69) is 20.1 Å². The summed E-state index contributed by atoms with van der Waals surface area (Å²) in [4.78, 5) is 0. The fraction of sp³-hybridized carbons (Fsp3) is 0.800. The second-order valence-corrected chi connectivity index (χ2v) is 4.13. The Bertz CT molecular complexity index is 328. The fourth-order valence-corrected chi connectivity index (χ4v) is 2.19. The molecule has 1 atom stereocenters. The predicted molar refractivity (Wildman–Crippen MR) is 56.5 cm³/mol. The number of rotatable bonds is 2. The van der Waals surface area contributed by atoms with Crippen molar-refractivity contribution in [3.05, 3.63) is 11.6 Å². The van der Waals surface area contributed by atoms with Crippen molar-refractivity contribution in [3.8, 4) is 0 Å². The molecule has 0 bridgehead atoms. The fourth-order valence-electron chi connectivity index (χ4n) is 2.19. The molecule has 1 aromatic rings. The number of hydrogen-bond acceptors (Lipinski definition) is 4. The quantitative estimate of drug-likeness (QED) is 0.749. The number of nitrogens with one attached hydrogen (secondary N) is 1.